The zero-order valence-corrected chi connectivity index (χ0v) is 20.8. The Hall–Kier alpha value is -3.75. The van der Waals surface area contributed by atoms with Crippen LogP contribution >= 0.6 is 0 Å². The molecule has 2 aliphatic rings. The molecule has 1 saturated carbocycles. The molecule has 1 unspecified atom stereocenters. The molecule has 0 saturated heterocycles. The highest BCUT2D eigenvalue weighted by molar-refractivity contribution is 5.92. The van der Waals surface area contributed by atoms with E-state index in [4.69, 9.17) is 19.2 Å². The van der Waals surface area contributed by atoms with E-state index in [1.165, 1.54) is 0 Å². The Bertz CT molecular complexity index is 1380. The predicted octanol–water partition coefficient (Wildman–Crippen LogP) is 4.99. The van der Waals surface area contributed by atoms with Crippen LogP contribution in [0.15, 0.2) is 35.7 Å². The highest BCUT2D eigenvalue weighted by atomic mass is 16.5. The number of carbonyl (C=O) groups excluding carboxylic acids is 1. The number of hydrogen-bond acceptors (Lipinski definition) is 8. The van der Waals surface area contributed by atoms with Crippen molar-refractivity contribution >= 4 is 16.7 Å². The Balaban J connectivity index is 1.57. The van der Waals surface area contributed by atoms with Crippen molar-refractivity contribution in [3.8, 4) is 5.88 Å². The molecule has 3 aromatic rings. The first kappa shape index (κ1) is 24.0. The third-order valence-electron chi connectivity index (χ3n) is 6.86. The van der Waals surface area contributed by atoms with Crippen LogP contribution in [0.5, 0.6) is 5.88 Å². The second kappa shape index (κ2) is 9.37. The third-order valence-corrected chi connectivity index (χ3v) is 6.86. The Morgan fingerprint density at radius 3 is 2.72 bits per heavy atom. The van der Waals surface area contributed by atoms with Gasteiger partial charge in [-0.1, -0.05) is 12.0 Å². The molecule has 186 valence electrons. The molecular weight excluding hydrogens is 460 g/mol. The number of azide groups is 1. The van der Waals surface area contributed by atoms with E-state index in [0.717, 1.165) is 46.3 Å². The number of hydrogen-bond donors (Lipinski definition) is 0. The molecule has 0 N–H and O–H groups in total. The Morgan fingerprint density at radius 2 is 2.00 bits per heavy atom. The van der Waals surface area contributed by atoms with E-state index in [1.807, 2.05) is 32.9 Å². The van der Waals surface area contributed by atoms with Gasteiger partial charge in [0.1, 0.15) is 12.2 Å². The molecule has 3 aromatic heterocycles. The van der Waals surface area contributed by atoms with Crippen LogP contribution in [-0.2, 0) is 21.4 Å². The lowest BCUT2D eigenvalue weighted by Crippen LogP contribution is -2.29. The molecule has 3 atom stereocenters. The minimum Gasteiger partial charge on any atom is -0.474 e. The normalized spacial score (nSPS) is 20.7. The lowest BCUT2D eigenvalue weighted by Gasteiger charge is -2.27. The summed E-state index contributed by atoms with van der Waals surface area (Å²) in [7, 11) is 1.57. The van der Waals surface area contributed by atoms with Gasteiger partial charge in [-0.3, -0.25) is 9.97 Å². The molecule has 5 rings (SSSR count). The van der Waals surface area contributed by atoms with Crippen molar-refractivity contribution in [3.63, 3.8) is 0 Å². The summed E-state index contributed by atoms with van der Waals surface area (Å²) in [5, 5.41) is 5.64. The maximum absolute atomic E-state index is 12.3. The predicted molar refractivity (Wildman–Crippen MR) is 132 cm³/mol. The molecule has 10 heteroatoms. The van der Waals surface area contributed by atoms with Gasteiger partial charge in [-0.25, -0.2) is 9.78 Å². The summed E-state index contributed by atoms with van der Waals surface area (Å²) in [4.78, 5) is 29.4. The number of methoxy groups -OCH3 is 1. The summed E-state index contributed by atoms with van der Waals surface area (Å²) < 4.78 is 16.8. The van der Waals surface area contributed by atoms with Gasteiger partial charge >= 0.3 is 5.97 Å². The van der Waals surface area contributed by atoms with Crippen LogP contribution in [0.4, 0.5) is 0 Å². The van der Waals surface area contributed by atoms with Crippen LogP contribution in [0.3, 0.4) is 0 Å². The fraction of sp³-hybridized carbons (Fsp3) is 0.462. The van der Waals surface area contributed by atoms with Gasteiger partial charge in [0.25, 0.3) is 0 Å². The first-order valence-electron chi connectivity index (χ1n) is 12.0. The minimum absolute atomic E-state index is 0.000570. The van der Waals surface area contributed by atoms with Crippen molar-refractivity contribution in [3.05, 3.63) is 69.2 Å². The minimum atomic E-state index is -0.971. The molecule has 10 nitrogen and oxygen atoms in total. The third kappa shape index (κ3) is 4.45. The van der Waals surface area contributed by atoms with Gasteiger partial charge in [0.15, 0.2) is 0 Å². The van der Waals surface area contributed by atoms with Crippen molar-refractivity contribution in [2.45, 2.75) is 63.7 Å². The Morgan fingerprint density at radius 1 is 1.19 bits per heavy atom. The summed E-state index contributed by atoms with van der Waals surface area (Å²) >= 11 is 0. The lowest BCUT2D eigenvalue weighted by molar-refractivity contribution is 0.0234. The van der Waals surface area contributed by atoms with Crippen LogP contribution in [-0.4, -0.2) is 46.8 Å². The molecule has 0 spiro atoms. The monoisotopic (exact) mass is 488 g/mol. The zero-order valence-electron chi connectivity index (χ0n) is 20.8. The highest BCUT2D eigenvalue weighted by Gasteiger charge is 2.32. The SMILES string of the molecule is COCC(C)(N=[N+]=[N-])c1cnc(OC2CC2)c2cnc(Cc3ccc4c(n3)[C@@H](C)[C@H](C)OC4=O)cc12. The molecule has 1 fully saturated rings. The van der Waals surface area contributed by atoms with Crippen LogP contribution in [0.25, 0.3) is 21.2 Å². The number of cyclic esters (lactones) is 1. The smallest absolute Gasteiger partial charge is 0.340 e. The van der Waals surface area contributed by atoms with Gasteiger partial charge < -0.3 is 14.2 Å². The van der Waals surface area contributed by atoms with E-state index in [0.29, 0.717) is 17.9 Å². The van der Waals surface area contributed by atoms with E-state index < -0.39 is 5.54 Å². The summed E-state index contributed by atoms with van der Waals surface area (Å²) in [6.45, 7) is 5.89. The molecule has 0 aromatic carbocycles. The molecular formula is C26H28N6O4. The maximum atomic E-state index is 12.3. The van der Waals surface area contributed by atoms with E-state index >= 15 is 0 Å². The lowest BCUT2D eigenvalue weighted by atomic mass is 9.90. The molecule has 0 amide bonds. The number of ether oxygens (including phenoxy) is 3. The van der Waals surface area contributed by atoms with Crippen molar-refractivity contribution in [1.29, 1.82) is 0 Å². The van der Waals surface area contributed by atoms with E-state index in [1.54, 1.807) is 25.6 Å². The van der Waals surface area contributed by atoms with Crippen LogP contribution in [0, 0.1) is 0 Å². The van der Waals surface area contributed by atoms with Gasteiger partial charge in [-0.05, 0) is 61.4 Å². The van der Waals surface area contributed by atoms with E-state index in [-0.39, 0.29) is 30.7 Å². The van der Waals surface area contributed by atoms with Crippen LogP contribution < -0.4 is 4.74 Å². The standard InChI is InChI=1S/C26H28N6O4/c1-14-15(2)35-25(33)19-8-5-16(30-23(14)19)9-17-10-20-21(11-28-17)24(36-18-6-7-18)29-12-22(20)26(3,13-34-4)31-32-27/h5,8,10-12,14-15,18H,6-7,9,13H2,1-4H3/t14-,15-,26?/m0/s1. The number of carbonyl (C=O) groups is 1. The van der Waals surface area contributed by atoms with Crippen LogP contribution in [0.1, 0.15) is 72.5 Å². The van der Waals surface area contributed by atoms with Gasteiger partial charge in [-0.15, -0.1) is 0 Å². The number of rotatable bonds is 8. The molecule has 1 aliphatic carbocycles. The molecule has 1 aliphatic heterocycles. The van der Waals surface area contributed by atoms with E-state index in [9.17, 15) is 10.3 Å². The molecule has 0 bridgehead atoms. The zero-order chi connectivity index (χ0) is 25.4. The second-order valence-corrected chi connectivity index (χ2v) is 9.72. The van der Waals surface area contributed by atoms with E-state index in [2.05, 4.69) is 20.0 Å². The van der Waals surface area contributed by atoms with Gasteiger partial charge in [-0.2, -0.15) is 0 Å². The van der Waals surface area contributed by atoms with Crippen LogP contribution in [0.2, 0.25) is 0 Å². The topological polar surface area (TPSA) is 132 Å². The number of fused-ring (bicyclic) bond motifs is 2. The average molecular weight is 489 g/mol. The van der Waals surface area contributed by atoms with Crippen molar-refractivity contribution in [2.24, 2.45) is 5.11 Å². The summed E-state index contributed by atoms with van der Waals surface area (Å²) in [6, 6.07) is 5.57. The molecule has 0 radical (unpaired) electrons. The number of nitrogens with zero attached hydrogens (tertiary/aromatic N) is 6. The van der Waals surface area contributed by atoms with Gasteiger partial charge in [0, 0.05) is 48.1 Å². The summed E-state index contributed by atoms with van der Waals surface area (Å²) in [5.41, 5.74) is 11.8. The van der Waals surface area contributed by atoms with Gasteiger partial charge in [0.2, 0.25) is 5.88 Å². The molecule has 4 heterocycles. The van der Waals surface area contributed by atoms with Crippen molar-refractivity contribution in [1.82, 2.24) is 15.0 Å². The first-order chi connectivity index (χ1) is 17.3. The van der Waals surface area contributed by atoms with Crippen molar-refractivity contribution < 1.29 is 19.0 Å². The average Bonchev–Trinajstić information content (AvgIpc) is 3.67. The fourth-order valence-electron chi connectivity index (χ4n) is 4.54. The fourth-order valence-corrected chi connectivity index (χ4v) is 4.54. The van der Waals surface area contributed by atoms with Gasteiger partial charge in [0.05, 0.1) is 28.8 Å². The second-order valence-electron chi connectivity index (χ2n) is 9.72. The quantitative estimate of drug-likeness (QED) is 0.189. The van der Waals surface area contributed by atoms with Crippen molar-refractivity contribution in [2.75, 3.05) is 13.7 Å². The summed E-state index contributed by atoms with van der Waals surface area (Å²) in [5.74, 6) is 0.180. The number of esters is 1. The molecule has 36 heavy (non-hydrogen) atoms. The largest absolute Gasteiger partial charge is 0.474 e. The highest BCUT2D eigenvalue weighted by Crippen LogP contribution is 2.37. The maximum Gasteiger partial charge on any atom is 0.340 e. The summed E-state index contributed by atoms with van der Waals surface area (Å²) in [6.07, 6.45) is 5.86. The number of aromatic nitrogens is 3. The Kier molecular flexibility index (Phi) is 6.24. The Labute approximate surface area is 208 Å². The first-order valence-corrected chi connectivity index (χ1v) is 12.0. The number of pyridine rings is 3.